The SMILES string of the molecule is Cc1ccnc(N2CCC(N3C(=O)NC4CN(C(=O)C5CC5)CCC43)CC2)n1. The zero-order valence-corrected chi connectivity index (χ0v) is 16.4. The van der Waals surface area contributed by atoms with Crippen LogP contribution in [0.1, 0.15) is 37.8 Å². The van der Waals surface area contributed by atoms with Crippen molar-refractivity contribution in [1.82, 2.24) is 25.1 Å². The number of anilines is 1. The largest absolute Gasteiger partial charge is 0.341 e. The van der Waals surface area contributed by atoms with Gasteiger partial charge in [0.05, 0.1) is 12.1 Å². The number of hydrogen-bond acceptors (Lipinski definition) is 5. The molecule has 1 saturated carbocycles. The molecule has 4 aliphatic rings. The Kier molecular flexibility index (Phi) is 4.36. The van der Waals surface area contributed by atoms with E-state index in [1.54, 1.807) is 6.20 Å². The van der Waals surface area contributed by atoms with Gasteiger partial charge in [0, 0.05) is 50.0 Å². The first kappa shape index (κ1) is 17.7. The van der Waals surface area contributed by atoms with Gasteiger partial charge < -0.3 is 20.0 Å². The molecule has 1 aliphatic carbocycles. The lowest BCUT2D eigenvalue weighted by molar-refractivity contribution is -0.134. The fraction of sp³-hybridized carbons (Fsp3) is 0.700. The topological polar surface area (TPSA) is 81.7 Å². The minimum absolute atomic E-state index is 0.0426. The van der Waals surface area contributed by atoms with Crippen LogP contribution in [0.4, 0.5) is 10.7 Å². The Morgan fingerprint density at radius 1 is 1.14 bits per heavy atom. The highest BCUT2D eigenvalue weighted by Crippen LogP contribution is 2.34. The Hall–Kier alpha value is -2.38. The van der Waals surface area contributed by atoms with Gasteiger partial charge in [-0.3, -0.25) is 4.79 Å². The van der Waals surface area contributed by atoms with Crippen molar-refractivity contribution in [3.05, 3.63) is 18.0 Å². The van der Waals surface area contributed by atoms with Gasteiger partial charge in [0.25, 0.3) is 0 Å². The first-order valence-corrected chi connectivity index (χ1v) is 10.5. The molecule has 5 rings (SSSR count). The zero-order valence-electron chi connectivity index (χ0n) is 16.4. The van der Waals surface area contributed by atoms with E-state index in [4.69, 9.17) is 0 Å². The van der Waals surface area contributed by atoms with E-state index < -0.39 is 0 Å². The van der Waals surface area contributed by atoms with E-state index in [1.165, 1.54) is 0 Å². The third-order valence-electron chi connectivity index (χ3n) is 6.64. The third-order valence-corrected chi connectivity index (χ3v) is 6.64. The second-order valence-corrected chi connectivity index (χ2v) is 8.59. The van der Waals surface area contributed by atoms with E-state index in [-0.39, 0.29) is 36.0 Å². The van der Waals surface area contributed by atoms with Crippen molar-refractivity contribution in [2.24, 2.45) is 5.92 Å². The number of carbonyl (C=O) groups excluding carboxylic acids is 2. The lowest BCUT2D eigenvalue weighted by Crippen LogP contribution is -2.55. The van der Waals surface area contributed by atoms with Crippen LogP contribution >= 0.6 is 0 Å². The summed E-state index contributed by atoms with van der Waals surface area (Å²) in [4.78, 5) is 40.3. The molecule has 4 fully saturated rings. The van der Waals surface area contributed by atoms with Gasteiger partial charge in [0.1, 0.15) is 0 Å². The molecule has 0 radical (unpaired) electrons. The van der Waals surface area contributed by atoms with Crippen molar-refractivity contribution in [1.29, 1.82) is 0 Å². The molecule has 0 bridgehead atoms. The third kappa shape index (κ3) is 3.18. The zero-order chi connectivity index (χ0) is 19.3. The molecule has 0 spiro atoms. The summed E-state index contributed by atoms with van der Waals surface area (Å²) in [6.07, 6.45) is 6.61. The molecule has 3 amide bonds. The van der Waals surface area contributed by atoms with Crippen LogP contribution in [-0.4, -0.2) is 76.0 Å². The molecule has 4 heterocycles. The number of carbonyl (C=O) groups is 2. The second-order valence-electron chi connectivity index (χ2n) is 8.59. The quantitative estimate of drug-likeness (QED) is 0.846. The number of aryl methyl sites for hydroxylation is 1. The maximum atomic E-state index is 12.7. The molecule has 3 aliphatic heterocycles. The molecule has 3 saturated heterocycles. The molecule has 2 atom stereocenters. The molecule has 8 nitrogen and oxygen atoms in total. The van der Waals surface area contributed by atoms with Crippen molar-refractivity contribution in [2.45, 2.75) is 57.2 Å². The number of hydrogen-bond donors (Lipinski definition) is 1. The summed E-state index contributed by atoms with van der Waals surface area (Å²) in [6, 6.07) is 2.48. The van der Waals surface area contributed by atoms with Gasteiger partial charge in [-0.15, -0.1) is 0 Å². The highest BCUT2D eigenvalue weighted by Gasteiger charge is 2.47. The fourth-order valence-corrected chi connectivity index (χ4v) is 4.96. The molecular weight excluding hydrogens is 356 g/mol. The first-order chi connectivity index (χ1) is 13.6. The number of aromatic nitrogens is 2. The Labute approximate surface area is 165 Å². The molecule has 1 aromatic heterocycles. The summed E-state index contributed by atoms with van der Waals surface area (Å²) in [7, 11) is 0. The van der Waals surface area contributed by atoms with Crippen LogP contribution in [0.15, 0.2) is 12.3 Å². The lowest BCUT2D eigenvalue weighted by atomic mass is 9.95. The maximum absolute atomic E-state index is 12.7. The summed E-state index contributed by atoms with van der Waals surface area (Å²) in [5.41, 5.74) is 0.974. The Bertz CT molecular complexity index is 774. The summed E-state index contributed by atoms with van der Waals surface area (Å²) < 4.78 is 0. The normalized spacial score (nSPS) is 28.3. The van der Waals surface area contributed by atoms with Crippen LogP contribution in [0, 0.1) is 12.8 Å². The average molecular weight is 384 g/mol. The van der Waals surface area contributed by atoms with Crippen LogP contribution < -0.4 is 10.2 Å². The fourth-order valence-electron chi connectivity index (χ4n) is 4.96. The Morgan fingerprint density at radius 2 is 1.93 bits per heavy atom. The monoisotopic (exact) mass is 384 g/mol. The Morgan fingerprint density at radius 3 is 2.64 bits per heavy atom. The number of likely N-dealkylation sites (tertiary alicyclic amines) is 1. The number of urea groups is 1. The predicted octanol–water partition coefficient (Wildman–Crippen LogP) is 1.16. The minimum atomic E-state index is 0.0426. The molecule has 2 unspecified atom stereocenters. The number of rotatable bonds is 3. The average Bonchev–Trinajstić information content (AvgIpc) is 3.49. The summed E-state index contributed by atoms with van der Waals surface area (Å²) >= 11 is 0. The number of nitrogens with zero attached hydrogens (tertiary/aromatic N) is 5. The van der Waals surface area contributed by atoms with E-state index in [2.05, 4.69) is 25.1 Å². The number of piperidine rings is 2. The van der Waals surface area contributed by atoms with Crippen LogP contribution in [0.5, 0.6) is 0 Å². The van der Waals surface area contributed by atoms with Crippen molar-refractivity contribution >= 4 is 17.9 Å². The maximum Gasteiger partial charge on any atom is 0.318 e. The standard InChI is InChI=1S/C20H28N6O2/c1-13-4-8-21-19(22-13)24-9-5-15(6-10-24)26-17-7-11-25(18(27)14-2-3-14)12-16(17)23-20(26)28/h4,8,14-17H,2-3,5-7,9-12H2,1H3,(H,23,28). The molecule has 28 heavy (non-hydrogen) atoms. The van der Waals surface area contributed by atoms with Crippen molar-refractivity contribution < 1.29 is 9.59 Å². The predicted molar refractivity (Wildman–Crippen MR) is 104 cm³/mol. The van der Waals surface area contributed by atoms with Crippen molar-refractivity contribution in [3.63, 3.8) is 0 Å². The van der Waals surface area contributed by atoms with Crippen LogP contribution in [0.3, 0.4) is 0 Å². The van der Waals surface area contributed by atoms with E-state index in [9.17, 15) is 9.59 Å². The Balaban J connectivity index is 1.21. The number of nitrogens with one attached hydrogen (secondary N) is 1. The van der Waals surface area contributed by atoms with E-state index >= 15 is 0 Å². The van der Waals surface area contributed by atoms with E-state index in [1.807, 2.05) is 17.9 Å². The van der Waals surface area contributed by atoms with Crippen molar-refractivity contribution in [3.8, 4) is 0 Å². The minimum Gasteiger partial charge on any atom is -0.341 e. The van der Waals surface area contributed by atoms with Crippen LogP contribution in [-0.2, 0) is 4.79 Å². The van der Waals surface area contributed by atoms with Gasteiger partial charge in [-0.1, -0.05) is 0 Å². The highest BCUT2D eigenvalue weighted by molar-refractivity contribution is 5.82. The van der Waals surface area contributed by atoms with E-state index in [0.717, 1.165) is 63.4 Å². The van der Waals surface area contributed by atoms with Gasteiger partial charge in [-0.25, -0.2) is 14.8 Å². The van der Waals surface area contributed by atoms with Gasteiger partial charge in [-0.2, -0.15) is 0 Å². The number of amides is 3. The summed E-state index contributed by atoms with van der Waals surface area (Å²) in [5, 5.41) is 3.15. The molecule has 1 N–H and O–H groups in total. The van der Waals surface area contributed by atoms with Crippen molar-refractivity contribution in [2.75, 3.05) is 31.1 Å². The molecule has 1 aromatic rings. The summed E-state index contributed by atoms with van der Waals surface area (Å²) in [5.74, 6) is 1.32. The molecule has 0 aromatic carbocycles. The first-order valence-electron chi connectivity index (χ1n) is 10.5. The lowest BCUT2D eigenvalue weighted by Gasteiger charge is -2.42. The number of fused-ring (bicyclic) bond motifs is 1. The molecule has 150 valence electrons. The van der Waals surface area contributed by atoms with Crippen LogP contribution in [0.25, 0.3) is 0 Å². The molecular formula is C20H28N6O2. The molecule has 8 heteroatoms. The highest BCUT2D eigenvalue weighted by atomic mass is 16.2. The van der Waals surface area contributed by atoms with Gasteiger partial charge in [0.2, 0.25) is 11.9 Å². The summed E-state index contributed by atoms with van der Waals surface area (Å²) in [6.45, 7) is 5.15. The second kappa shape index (κ2) is 6.90. The van der Waals surface area contributed by atoms with E-state index in [0.29, 0.717) is 6.54 Å². The smallest absolute Gasteiger partial charge is 0.318 e. The van der Waals surface area contributed by atoms with Gasteiger partial charge >= 0.3 is 6.03 Å². The van der Waals surface area contributed by atoms with Crippen LogP contribution in [0.2, 0.25) is 0 Å². The van der Waals surface area contributed by atoms with Gasteiger partial charge in [-0.05, 0) is 45.1 Å². The van der Waals surface area contributed by atoms with Gasteiger partial charge in [0.15, 0.2) is 0 Å².